The van der Waals surface area contributed by atoms with Crippen molar-refractivity contribution in [2.45, 2.75) is 32.0 Å². The number of pyridine rings is 1. The smallest absolute Gasteiger partial charge is 0.354 e. The molecule has 0 spiro atoms. The Morgan fingerprint density at radius 2 is 2.25 bits per heavy atom. The lowest BCUT2D eigenvalue weighted by Crippen LogP contribution is -2.36. The second-order valence-corrected chi connectivity index (χ2v) is 4.76. The first-order chi connectivity index (χ1) is 9.40. The fourth-order valence-electron chi connectivity index (χ4n) is 2.16. The number of hydrogen-bond donors (Lipinski definition) is 1. The highest BCUT2D eigenvalue weighted by Gasteiger charge is 2.31. The minimum absolute atomic E-state index is 0.0165. The SMILES string of the molecule is CCC(=O)NC1CCN(c2ccc(C(F)(F)F)cn2)C1. The van der Waals surface area contributed by atoms with Gasteiger partial charge in [-0.15, -0.1) is 0 Å². The molecule has 4 nitrogen and oxygen atoms in total. The number of alkyl halides is 3. The Kier molecular flexibility index (Phi) is 4.15. The van der Waals surface area contributed by atoms with Crippen LogP contribution >= 0.6 is 0 Å². The lowest BCUT2D eigenvalue weighted by molar-refractivity contribution is -0.137. The number of aromatic nitrogens is 1. The van der Waals surface area contributed by atoms with E-state index in [0.717, 1.165) is 18.7 Å². The molecule has 1 saturated heterocycles. The van der Waals surface area contributed by atoms with Crippen molar-refractivity contribution in [1.82, 2.24) is 10.3 Å². The van der Waals surface area contributed by atoms with Gasteiger partial charge in [-0.05, 0) is 18.6 Å². The molecule has 110 valence electrons. The quantitative estimate of drug-likeness (QED) is 0.927. The number of anilines is 1. The molecule has 1 unspecified atom stereocenters. The summed E-state index contributed by atoms with van der Waals surface area (Å²) >= 11 is 0. The van der Waals surface area contributed by atoms with E-state index in [9.17, 15) is 18.0 Å². The maximum atomic E-state index is 12.4. The Labute approximate surface area is 115 Å². The van der Waals surface area contributed by atoms with Crippen LogP contribution in [0.3, 0.4) is 0 Å². The number of nitrogens with zero attached hydrogens (tertiary/aromatic N) is 2. The Bertz CT molecular complexity index is 473. The summed E-state index contributed by atoms with van der Waals surface area (Å²) in [6.07, 6.45) is -2.33. The second kappa shape index (κ2) is 5.68. The van der Waals surface area contributed by atoms with Gasteiger partial charge in [-0.1, -0.05) is 6.92 Å². The van der Waals surface area contributed by atoms with Crippen LogP contribution in [0, 0.1) is 0 Å². The molecule has 2 rings (SSSR count). The van der Waals surface area contributed by atoms with Crippen molar-refractivity contribution in [3.63, 3.8) is 0 Å². The second-order valence-electron chi connectivity index (χ2n) is 4.76. The number of nitrogens with one attached hydrogen (secondary N) is 1. The van der Waals surface area contributed by atoms with Gasteiger partial charge in [0.15, 0.2) is 0 Å². The van der Waals surface area contributed by atoms with Crippen LogP contribution in [-0.2, 0) is 11.0 Å². The summed E-state index contributed by atoms with van der Waals surface area (Å²) < 4.78 is 37.3. The first kappa shape index (κ1) is 14.6. The van der Waals surface area contributed by atoms with Gasteiger partial charge in [0.2, 0.25) is 5.91 Å². The van der Waals surface area contributed by atoms with Gasteiger partial charge in [0.05, 0.1) is 5.56 Å². The van der Waals surface area contributed by atoms with Gasteiger partial charge < -0.3 is 10.2 Å². The van der Waals surface area contributed by atoms with Crippen molar-refractivity contribution in [2.75, 3.05) is 18.0 Å². The average molecular weight is 287 g/mol. The predicted molar refractivity (Wildman–Crippen MR) is 68.3 cm³/mol. The van der Waals surface area contributed by atoms with Gasteiger partial charge in [0, 0.05) is 31.7 Å². The monoisotopic (exact) mass is 287 g/mol. The van der Waals surface area contributed by atoms with E-state index in [1.54, 1.807) is 6.92 Å². The summed E-state index contributed by atoms with van der Waals surface area (Å²) in [6, 6.07) is 2.43. The first-order valence-electron chi connectivity index (χ1n) is 6.47. The van der Waals surface area contributed by atoms with Crippen LogP contribution in [0.25, 0.3) is 0 Å². The van der Waals surface area contributed by atoms with Gasteiger partial charge in [-0.2, -0.15) is 13.2 Å². The van der Waals surface area contributed by atoms with Gasteiger partial charge >= 0.3 is 6.18 Å². The van der Waals surface area contributed by atoms with E-state index in [1.807, 2.05) is 4.90 Å². The Balaban J connectivity index is 1.98. The third kappa shape index (κ3) is 3.40. The van der Waals surface area contributed by atoms with Gasteiger partial charge in [0.25, 0.3) is 0 Å². The van der Waals surface area contributed by atoms with E-state index >= 15 is 0 Å². The Morgan fingerprint density at radius 1 is 1.50 bits per heavy atom. The molecule has 1 aromatic heterocycles. The first-order valence-corrected chi connectivity index (χ1v) is 6.47. The van der Waals surface area contributed by atoms with Crippen LogP contribution in [0.2, 0.25) is 0 Å². The molecule has 0 aromatic carbocycles. The van der Waals surface area contributed by atoms with Crippen molar-refractivity contribution in [1.29, 1.82) is 0 Å². The van der Waals surface area contributed by atoms with Crippen LogP contribution in [0.15, 0.2) is 18.3 Å². The van der Waals surface area contributed by atoms with Crippen molar-refractivity contribution in [3.05, 3.63) is 23.9 Å². The zero-order valence-corrected chi connectivity index (χ0v) is 11.1. The van der Waals surface area contributed by atoms with Crippen molar-refractivity contribution >= 4 is 11.7 Å². The topological polar surface area (TPSA) is 45.2 Å². The molecular weight excluding hydrogens is 271 g/mol. The molecule has 1 fully saturated rings. The molecule has 1 N–H and O–H groups in total. The summed E-state index contributed by atoms with van der Waals surface area (Å²) in [5, 5.41) is 2.88. The standard InChI is InChI=1S/C13H16F3N3O/c1-2-12(20)18-10-5-6-19(8-10)11-4-3-9(7-17-11)13(14,15)16/h3-4,7,10H,2,5-6,8H2,1H3,(H,18,20). The molecule has 1 aliphatic heterocycles. The zero-order valence-electron chi connectivity index (χ0n) is 11.1. The molecular formula is C13H16F3N3O. The van der Waals surface area contributed by atoms with Crippen LogP contribution in [-0.4, -0.2) is 30.0 Å². The summed E-state index contributed by atoms with van der Waals surface area (Å²) in [7, 11) is 0. The van der Waals surface area contributed by atoms with Crippen LogP contribution in [0.4, 0.5) is 19.0 Å². The minimum atomic E-state index is -4.37. The van der Waals surface area contributed by atoms with Gasteiger partial charge in [-0.3, -0.25) is 4.79 Å². The molecule has 1 atom stereocenters. The molecule has 0 saturated carbocycles. The summed E-state index contributed by atoms with van der Waals surface area (Å²) in [5.41, 5.74) is -0.753. The third-order valence-electron chi connectivity index (χ3n) is 3.27. The van der Waals surface area contributed by atoms with E-state index < -0.39 is 11.7 Å². The Hall–Kier alpha value is -1.79. The fraction of sp³-hybridized carbons (Fsp3) is 0.538. The molecule has 1 aromatic rings. The van der Waals surface area contributed by atoms with E-state index in [0.29, 0.717) is 25.3 Å². The number of carbonyl (C=O) groups is 1. The lowest BCUT2D eigenvalue weighted by Gasteiger charge is -2.18. The van der Waals surface area contributed by atoms with Crippen molar-refractivity contribution in [3.8, 4) is 0 Å². The number of hydrogen-bond acceptors (Lipinski definition) is 3. The largest absolute Gasteiger partial charge is 0.417 e. The van der Waals surface area contributed by atoms with Crippen LogP contribution in [0.1, 0.15) is 25.3 Å². The Morgan fingerprint density at radius 3 is 2.80 bits per heavy atom. The molecule has 0 radical (unpaired) electrons. The summed E-state index contributed by atoms with van der Waals surface area (Å²) in [5.74, 6) is 0.489. The molecule has 2 heterocycles. The molecule has 20 heavy (non-hydrogen) atoms. The lowest BCUT2D eigenvalue weighted by atomic mass is 10.2. The van der Waals surface area contributed by atoms with Gasteiger partial charge in [0.1, 0.15) is 5.82 Å². The van der Waals surface area contributed by atoms with Crippen molar-refractivity contribution in [2.24, 2.45) is 0 Å². The molecule has 1 amide bonds. The third-order valence-corrected chi connectivity index (χ3v) is 3.27. The number of rotatable bonds is 3. The average Bonchev–Trinajstić information content (AvgIpc) is 2.86. The fourth-order valence-corrected chi connectivity index (χ4v) is 2.16. The van der Waals surface area contributed by atoms with Crippen molar-refractivity contribution < 1.29 is 18.0 Å². The zero-order chi connectivity index (χ0) is 14.8. The van der Waals surface area contributed by atoms with Crippen LogP contribution < -0.4 is 10.2 Å². The van der Waals surface area contributed by atoms with E-state index in [2.05, 4.69) is 10.3 Å². The summed E-state index contributed by atoms with van der Waals surface area (Å²) in [6.45, 7) is 3.02. The normalized spacial score (nSPS) is 19.2. The van der Waals surface area contributed by atoms with Crippen LogP contribution in [0.5, 0.6) is 0 Å². The highest BCUT2D eigenvalue weighted by atomic mass is 19.4. The number of amides is 1. The highest BCUT2D eigenvalue weighted by Crippen LogP contribution is 2.29. The number of halogens is 3. The van der Waals surface area contributed by atoms with Gasteiger partial charge in [-0.25, -0.2) is 4.98 Å². The minimum Gasteiger partial charge on any atom is -0.354 e. The van der Waals surface area contributed by atoms with E-state index in [-0.39, 0.29) is 11.9 Å². The highest BCUT2D eigenvalue weighted by molar-refractivity contribution is 5.76. The predicted octanol–water partition coefficient (Wildman–Crippen LogP) is 2.21. The summed E-state index contributed by atoms with van der Waals surface area (Å²) in [4.78, 5) is 17.0. The molecule has 0 aliphatic carbocycles. The molecule has 1 aliphatic rings. The van der Waals surface area contributed by atoms with E-state index in [4.69, 9.17) is 0 Å². The molecule has 7 heteroatoms. The maximum absolute atomic E-state index is 12.4. The number of carbonyl (C=O) groups excluding carboxylic acids is 1. The maximum Gasteiger partial charge on any atom is 0.417 e. The van der Waals surface area contributed by atoms with E-state index in [1.165, 1.54) is 6.07 Å². The molecule has 0 bridgehead atoms.